The van der Waals surface area contributed by atoms with Crippen LogP contribution in [0, 0.1) is 0 Å². The van der Waals surface area contributed by atoms with Crippen molar-refractivity contribution >= 4 is 31.5 Å². The van der Waals surface area contributed by atoms with Crippen LogP contribution in [0.5, 0.6) is 0 Å². The Morgan fingerprint density at radius 3 is 1.85 bits per heavy atom. The molecule has 2 aliphatic rings. The smallest absolute Gasteiger partial charge is 0.243 e. The van der Waals surface area contributed by atoms with E-state index >= 15 is 0 Å². The Kier molecular flexibility index (Phi) is 7.65. The van der Waals surface area contributed by atoms with E-state index in [0.29, 0.717) is 45.2 Å². The first-order chi connectivity index (χ1) is 16.3. The number of nitrogens with one attached hydrogen (secondary N) is 1. The topological polar surface area (TPSA) is 122 Å². The molecule has 0 radical (unpaired) electrons. The van der Waals surface area contributed by atoms with Crippen molar-refractivity contribution in [1.82, 2.24) is 8.61 Å². The zero-order valence-corrected chi connectivity index (χ0v) is 20.2. The second-order valence-corrected chi connectivity index (χ2v) is 11.7. The van der Waals surface area contributed by atoms with Gasteiger partial charge >= 0.3 is 0 Å². The van der Waals surface area contributed by atoms with E-state index in [4.69, 9.17) is 9.47 Å². The number of ether oxygens (including phenoxy) is 2. The summed E-state index contributed by atoms with van der Waals surface area (Å²) in [6, 6.07) is 12.2. The first-order valence-electron chi connectivity index (χ1n) is 10.9. The lowest BCUT2D eigenvalue weighted by molar-refractivity contribution is 0.0730. The van der Waals surface area contributed by atoms with Crippen molar-refractivity contribution in [2.24, 2.45) is 0 Å². The lowest BCUT2D eigenvalue weighted by Crippen LogP contribution is -2.40. The van der Waals surface area contributed by atoms with Gasteiger partial charge in [-0.15, -0.1) is 0 Å². The zero-order valence-electron chi connectivity index (χ0n) is 18.6. The normalized spacial score (nSPS) is 18.5. The Hall–Kier alpha value is -2.35. The third-order valence-corrected chi connectivity index (χ3v) is 9.49. The molecule has 12 heteroatoms. The molecular weight excluding hydrogens is 482 g/mol. The van der Waals surface area contributed by atoms with Crippen LogP contribution in [0.25, 0.3) is 0 Å². The van der Waals surface area contributed by atoms with Crippen LogP contribution in [-0.2, 0) is 29.5 Å². The van der Waals surface area contributed by atoms with Crippen molar-refractivity contribution in [3.8, 4) is 0 Å². The lowest BCUT2D eigenvalue weighted by atomic mass is 10.1. The van der Waals surface area contributed by atoms with Crippen LogP contribution in [0.3, 0.4) is 0 Å². The van der Waals surface area contributed by atoms with Crippen molar-refractivity contribution in [3.63, 3.8) is 0 Å². The first kappa shape index (κ1) is 24.8. The SMILES string of the molecule is O=C(CNc1ccc(S(=O)(=O)N2CCOCC2)cc1)c1cccc(S(=O)(=O)N2CCOCC2)c1. The predicted molar refractivity (Wildman–Crippen MR) is 125 cm³/mol. The lowest BCUT2D eigenvalue weighted by Gasteiger charge is -2.26. The van der Waals surface area contributed by atoms with E-state index in [2.05, 4.69) is 5.32 Å². The summed E-state index contributed by atoms with van der Waals surface area (Å²) < 4.78 is 64.3. The summed E-state index contributed by atoms with van der Waals surface area (Å²) in [4.78, 5) is 12.9. The Morgan fingerprint density at radius 2 is 1.29 bits per heavy atom. The average Bonchev–Trinajstić information content (AvgIpc) is 2.88. The molecule has 1 N–H and O–H groups in total. The summed E-state index contributed by atoms with van der Waals surface area (Å²) in [7, 11) is -7.29. The van der Waals surface area contributed by atoms with Crippen molar-refractivity contribution < 1.29 is 31.1 Å². The van der Waals surface area contributed by atoms with Crippen LogP contribution in [-0.4, -0.2) is 90.4 Å². The number of anilines is 1. The second kappa shape index (κ2) is 10.5. The van der Waals surface area contributed by atoms with Gasteiger partial charge in [0.05, 0.1) is 42.8 Å². The molecule has 2 aromatic carbocycles. The van der Waals surface area contributed by atoms with E-state index in [-0.39, 0.29) is 40.8 Å². The van der Waals surface area contributed by atoms with Gasteiger partial charge < -0.3 is 14.8 Å². The van der Waals surface area contributed by atoms with Gasteiger partial charge in [-0.25, -0.2) is 16.8 Å². The largest absolute Gasteiger partial charge is 0.379 e. The number of hydrogen-bond acceptors (Lipinski definition) is 8. The molecule has 0 atom stereocenters. The van der Waals surface area contributed by atoms with E-state index in [9.17, 15) is 21.6 Å². The minimum atomic E-state index is -3.70. The fourth-order valence-corrected chi connectivity index (χ4v) is 6.59. The highest BCUT2D eigenvalue weighted by Gasteiger charge is 2.27. The molecule has 2 saturated heterocycles. The number of nitrogens with zero attached hydrogens (tertiary/aromatic N) is 2. The van der Waals surface area contributed by atoms with E-state index in [1.54, 1.807) is 24.3 Å². The first-order valence-corrected chi connectivity index (χ1v) is 13.8. The highest BCUT2D eigenvalue weighted by atomic mass is 32.2. The van der Waals surface area contributed by atoms with Crippen molar-refractivity contribution in [2.75, 3.05) is 64.5 Å². The quantitative estimate of drug-likeness (QED) is 0.524. The number of hydrogen-bond donors (Lipinski definition) is 1. The third kappa shape index (κ3) is 5.48. The molecule has 0 bridgehead atoms. The number of rotatable bonds is 8. The minimum absolute atomic E-state index is 0.0675. The molecule has 2 aromatic rings. The van der Waals surface area contributed by atoms with Crippen LogP contribution < -0.4 is 5.32 Å². The Balaban J connectivity index is 1.40. The summed E-state index contributed by atoms with van der Waals surface area (Å²) in [5.74, 6) is -0.288. The summed E-state index contributed by atoms with van der Waals surface area (Å²) in [6.45, 7) is 2.54. The highest BCUT2D eigenvalue weighted by Crippen LogP contribution is 2.21. The van der Waals surface area contributed by atoms with Crippen molar-refractivity contribution in [3.05, 3.63) is 54.1 Å². The summed E-state index contributed by atoms with van der Waals surface area (Å²) in [5.41, 5.74) is 0.847. The number of sulfonamides is 2. The third-order valence-electron chi connectivity index (χ3n) is 5.68. The Bertz CT molecular complexity index is 1220. The predicted octanol–water partition coefficient (Wildman–Crippen LogP) is 1.02. The molecule has 10 nitrogen and oxygen atoms in total. The monoisotopic (exact) mass is 509 g/mol. The molecular formula is C22H27N3O7S2. The van der Waals surface area contributed by atoms with Crippen LogP contribution in [0.4, 0.5) is 5.69 Å². The van der Waals surface area contributed by atoms with E-state index < -0.39 is 20.0 Å². The Morgan fingerprint density at radius 1 is 0.765 bits per heavy atom. The number of Topliss-reactive ketones (excluding diaryl/α,β-unsaturated/α-hetero) is 1. The van der Waals surface area contributed by atoms with Crippen LogP contribution in [0.15, 0.2) is 58.3 Å². The molecule has 34 heavy (non-hydrogen) atoms. The summed E-state index contributed by atoms with van der Waals surface area (Å²) >= 11 is 0. The van der Waals surface area contributed by atoms with Crippen molar-refractivity contribution in [2.45, 2.75) is 9.79 Å². The number of carbonyl (C=O) groups is 1. The fraction of sp³-hybridized carbons (Fsp3) is 0.409. The van der Waals surface area contributed by atoms with Gasteiger partial charge in [-0.1, -0.05) is 12.1 Å². The highest BCUT2D eigenvalue weighted by molar-refractivity contribution is 7.89. The molecule has 2 heterocycles. The van der Waals surface area contributed by atoms with Gasteiger partial charge in [0, 0.05) is 37.4 Å². The van der Waals surface area contributed by atoms with Crippen LogP contribution >= 0.6 is 0 Å². The summed E-state index contributed by atoms with van der Waals surface area (Å²) in [5, 5.41) is 2.97. The maximum atomic E-state index is 12.9. The summed E-state index contributed by atoms with van der Waals surface area (Å²) in [6.07, 6.45) is 0. The van der Waals surface area contributed by atoms with Crippen LogP contribution in [0.2, 0.25) is 0 Å². The van der Waals surface area contributed by atoms with Gasteiger partial charge in [0.2, 0.25) is 20.0 Å². The number of benzene rings is 2. The van der Waals surface area contributed by atoms with E-state index in [1.807, 2.05) is 0 Å². The molecule has 2 aliphatic heterocycles. The molecule has 0 amide bonds. The number of carbonyl (C=O) groups excluding carboxylic acids is 1. The van der Waals surface area contributed by atoms with Gasteiger partial charge in [0.25, 0.3) is 0 Å². The Labute approximate surface area is 199 Å². The van der Waals surface area contributed by atoms with E-state index in [0.717, 1.165) is 0 Å². The number of morpholine rings is 2. The van der Waals surface area contributed by atoms with Crippen molar-refractivity contribution in [1.29, 1.82) is 0 Å². The molecule has 184 valence electrons. The van der Waals surface area contributed by atoms with Crippen LogP contribution in [0.1, 0.15) is 10.4 Å². The maximum absolute atomic E-state index is 12.9. The minimum Gasteiger partial charge on any atom is -0.379 e. The standard InChI is InChI=1S/C22H27N3O7S2/c26-22(18-2-1-3-21(16-18)34(29,30)25-10-14-32-15-11-25)17-23-19-4-6-20(7-5-19)33(27,28)24-8-12-31-13-9-24/h1-7,16,23H,8-15,17H2. The zero-order chi connectivity index (χ0) is 24.2. The van der Waals surface area contributed by atoms with Gasteiger partial charge in [0.15, 0.2) is 5.78 Å². The average molecular weight is 510 g/mol. The van der Waals surface area contributed by atoms with Gasteiger partial charge in [-0.2, -0.15) is 8.61 Å². The van der Waals surface area contributed by atoms with Gasteiger partial charge in [0.1, 0.15) is 0 Å². The fourth-order valence-electron chi connectivity index (χ4n) is 3.73. The molecule has 0 spiro atoms. The molecule has 0 unspecified atom stereocenters. The second-order valence-electron chi connectivity index (χ2n) is 7.86. The molecule has 0 aromatic heterocycles. The molecule has 4 rings (SSSR count). The van der Waals surface area contributed by atoms with E-state index in [1.165, 1.54) is 32.9 Å². The maximum Gasteiger partial charge on any atom is 0.243 e. The van der Waals surface area contributed by atoms with Gasteiger partial charge in [-0.3, -0.25) is 4.79 Å². The molecule has 2 fully saturated rings. The van der Waals surface area contributed by atoms with Gasteiger partial charge in [-0.05, 0) is 36.4 Å². The number of ketones is 1. The molecule has 0 saturated carbocycles. The molecule has 0 aliphatic carbocycles.